The van der Waals surface area contributed by atoms with Gasteiger partial charge in [-0.3, -0.25) is 0 Å². The van der Waals surface area contributed by atoms with Crippen LogP contribution in [0.5, 0.6) is 0 Å². The molecule has 9 atom stereocenters. The lowest BCUT2D eigenvalue weighted by Crippen LogP contribution is -2.54. The van der Waals surface area contributed by atoms with Crippen LogP contribution in [0.25, 0.3) is 0 Å². The van der Waals surface area contributed by atoms with Crippen LogP contribution in [0.2, 0.25) is 0 Å². The van der Waals surface area contributed by atoms with Crippen LogP contribution in [0.1, 0.15) is 98.8 Å². The second-order valence-electron chi connectivity index (χ2n) is 12.2. The number of hydrogen-bond acceptors (Lipinski definition) is 1. The molecule has 1 nitrogen and oxygen atoms in total. The Kier molecular flexibility index (Phi) is 5.99. The summed E-state index contributed by atoms with van der Waals surface area (Å²) >= 11 is 0. The van der Waals surface area contributed by atoms with Gasteiger partial charge in [-0.15, -0.1) is 0 Å². The zero-order valence-electron chi connectivity index (χ0n) is 19.6. The number of allylic oxidation sites excluding steroid dienone is 1. The van der Waals surface area contributed by atoms with E-state index in [-0.39, 0.29) is 5.41 Å². The lowest BCUT2D eigenvalue weighted by Gasteiger charge is -2.59. The molecule has 0 aromatic carbocycles. The van der Waals surface area contributed by atoms with E-state index in [0.29, 0.717) is 30.1 Å². The van der Waals surface area contributed by atoms with Gasteiger partial charge in [0.25, 0.3) is 0 Å². The van der Waals surface area contributed by atoms with Crippen molar-refractivity contribution in [1.29, 1.82) is 0 Å². The van der Waals surface area contributed by atoms with Gasteiger partial charge >= 0.3 is 0 Å². The van der Waals surface area contributed by atoms with E-state index in [0.717, 1.165) is 30.1 Å². The van der Waals surface area contributed by atoms with E-state index in [4.69, 9.17) is 0 Å². The van der Waals surface area contributed by atoms with Crippen molar-refractivity contribution in [3.63, 3.8) is 0 Å². The van der Waals surface area contributed by atoms with Crippen LogP contribution >= 0.6 is 0 Å². The Bertz CT molecular complexity index is 626. The standard InChI is InChI=1S/C27H45FO/c1-17(2)7-6-8-18(3)22-11-12-23-21-10-9-19-15-20(29)16-25(28)27(19,5)24(21)13-14-26(22,23)4/h9,17-18,20-25,29H,6-8,10-16H2,1-5H3/t18-,20+,21+,22-,23+,24+,25?,26-,27+/m1/s1. The van der Waals surface area contributed by atoms with Crippen LogP contribution in [-0.4, -0.2) is 17.4 Å². The number of alkyl halides is 1. The lowest BCUT2D eigenvalue weighted by molar-refractivity contribution is -0.0856. The van der Waals surface area contributed by atoms with E-state index in [9.17, 15) is 5.11 Å². The molecule has 3 fully saturated rings. The van der Waals surface area contributed by atoms with Crippen LogP contribution in [0.15, 0.2) is 11.6 Å². The SMILES string of the molecule is CC(C)CCC[C@@H](C)[C@H]1CC[C@H]2[C@@H]3CC=C4C[C@H](O)CC(F)[C@]4(C)[C@H]3CC[C@]12C. The Balaban J connectivity index is 1.52. The monoisotopic (exact) mass is 404 g/mol. The Morgan fingerprint density at radius 2 is 1.86 bits per heavy atom. The van der Waals surface area contributed by atoms with Gasteiger partial charge in [-0.25, -0.2) is 4.39 Å². The highest BCUT2D eigenvalue weighted by Gasteiger charge is 2.61. The number of aliphatic hydroxyl groups excluding tert-OH is 1. The molecule has 166 valence electrons. The van der Waals surface area contributed by atoms with Gasteiger partial charge in [-0.1, -0.05) is 65.5 Å². The fourth-order valence-corrected chi connectivity index (χ4v) is 8.68. The molecule has 0 radical (unpaired) electrons. The molecule has 0 saturated heterocycles. The van der Waals surface area contributed by atoms with Crippen molar-refractivity contribution in [2.75, 3.05) is 0 Å². The summed E-state index contributed by atoms with van der Waals surface area (Å²) in [5.74, 6) is 4.41. The smallest absolute Gasteiger partial charge is 0.112 e. The number of aliphatic hydroxyl groups is 1. The maximum Gasteiger partial charge on any atom is 0.112 e. The largest absolute Gasteiger partial charge is 0.393 e. The molecule has 0 aliphatic heterocycles. The predicted octanol–water partition coefficient (Wildman–Crippen LogP) is 7.34. The summed E-state index contributed by atoms with van der Waals surface area (Å²) in [5.41, 5.74) is 1.38. The third-order valence-electron chi connectivity index (χ3n) is 10.3. The number of hydrogen-bond donors (Lipinski definition) is 1. The first-order chi connectivity index (χ1) is 13.7. The Hall–Kier alpha value is -0.370. The van der Waals surface area contributed by atoms with Crippen LogP contribution in [-0.2, 0) is 0 Å². The van der Waals surface area contributed by atoms with E-state index in [1.807, 2.05) is 0 Å². The summed E-state index contributed by atoms with van der Waals surface area (Å²) in [6, 6.07) is 0. The molecule has 3 saturated carbocycles. The summed E-state index contributed by atoms with van der Waals surface area (Å²) in [6.07, 6.45) is 12.5. The molecule has 4 aliphatic carbocycles. The van der Waals surface area contributed by atoms with E-state index >= 15 is 4.39 Å². The molecule has 1 unspecified atom stereocenters. The third-order valence-corrected chi connectivity index (χ3v) is 10.3. The Labute approximate surface area is 178 Å². The van der Waals surface area contributed by atoms with Crippen molar-refractivity contribution in [1.82, 2.24) is 0 Å². The van der Waals surface area contributed by atoms with Gasteiger partial charge in [0.2, 0.25) is 0 Å². The van der Waals surface area contributed by atoms with Crippen molar-refractivity contribution in [3.05, 3.63) is 11.6 Å². The minimum atomic E-state index is -0.873. The molecule has 1 N–H and O–H groups in total. The van der Waals surface area contributed by atoms with Gasteiger partial charge in [0.05, 0.1) is 6.10 Å². The molecule has 0 aromatic rings. The van der Waals surface area contributed by atoms with Crippen LogP contribution in [0.4, 0.5) is 4.39 Å². The third kappa shape index (κ3) is 3.54. The average Bonchev–Trinajstić information content (AvgIpc) is 3.00. The molecule has 0 aromatic heterocycles. The van der Waals surface area contributed by atoms with Crippen LogP contribution < -0.4 is 0 Å². The summed E-state index contributed by atoms with van der Waals surface area (Å²) < 4.78 is 15.4. The highest BCUT2D eigenvalue weighted by atomic mass is 19.1. The number of halogens is 1. The highest BCUT2D eigenvalue weighted by Crippen LogP contribution is 2.67. The van der Waals surface area contributed by atoms with E-state index in [2.05, 4.69) is 40.7 Å². The summed E-state index contributed by atoms with van der Waals surface area (Å²) in [7, 11) is 0. The second-order valence-corrected chi connectivity index (χ2v) is 12.2. The van der Waals surface area contributed by atoms with Gasteiger partial charge in [0.15, 0.2) is 0 Å². The predicted molar refractivity (Wildman–Crippen MR) is 119 cm³/mol. The molecular formula is C27H45FO. The fourth-order valence-electron chi connectivity index (χ4n) is 8.68. The topological polar surface area (TPSA) is 20.2 Å². The average molecular weight is 405 g/mol. The second kappa shape index (κ2) is 7.95. The summed E-state index contributed by atoms with van der Waals surface area (Å²) in [4.78, 5) is 0. The molecular weight excluding hydrogens is 359 g/mol. The van der Waals surface area contributed by atoms with Gasteiger partial charge in [0.1, 0.15) is 6.17 Å². The summed E-state index contributed by atoms with van der Waals surface area (Å²) in [5, 5.41) is 10.1. The maximum atomic E-state index is 15.4. The normalized spacial score (nSPS) is 47.9. The van der Waals surface area contributed by atoms with E-state index in [1.54, 1.807) is 0 Å². The minimum absolute atomic E-state index is 0.315. The van der Waals surface area contributed by atoms with Gasteiger partial charge in [-0.2, -0.15) is 0 Å². The molecule has 0 spiro atoms. The molecule has 0 heterocycles. The molecule has 2 heteroatoms. The van der Waals surface area contributed by atoms with Gasteiger partial charge in [-0.05, 0) is 79.4 Å². The first-order valence-electron chi connectivity index (χ1n) is 12.7. The zero-order chi connectivity index (χ0) is 21.0. The van der Waals surface area contributed by atoms with E-state index < -0.39 is 12.3 Å². The van der Waals surface area contributed by atoms with Gasteiger partial charge < -0.3 is 5.11 Å². The highest BCUT2D eigenvalue weighted by molar-refractivity contribution is 5.27. The molecule has 4 rings (SSSR count). The fraction of sp³-hybridized carbons (Fsp3) is 0.926. The van der Waals surface area contributed by atoms with Crippen molar-refractivity contribution in [3.8, 4) is 0 Å². The minimum Gasteiger partial charge on any atom is -0.393 e. The summed E-state index contributed by atoms with van der Waals surface area (Å²) in [6.45, 7) is 12.0. The van der Waals surface area contributed by atoms with Crippen molar-refractivity contribution in [2.45, 2.75) is 111 Å². The number of fused-ring (bicyclic) bond motifs is 5. The maximum absolute atomic E-state index is 15.4. The Morgan fingerprint density at radius 3 is 2.59 bits per heavy atom. The molecule has 0 amide bonds. The molecule has 29 heavy (non-hydrogen) atoms. The van der Waals surface area contributed by atoms with Crippen molar-refractivity contribution < 1.29 is 9.50 Å². The Morgan fingerprint density at radius 1 is 1.10 bits per heavy atom. The van der Waals surface area contributed by atoms with Crippen LogP contribution in [0, 0.1) is 46.3 Å². The zero-order valence-corrected chi connectivity index (χ0v) is 19.6. The lowest BCUT2D eigenvalue weighted by atomic mass is 9.46. The van der Waals surface area contributed by atoms with Crippen molar-refractivity contribution >= 4 is 0 Å². The number of rotatable bonds is 5. The van der Waals surface area contributed by atoms with Gasteiger partial charge in [0, 0.05) is 11.8 Å². The first kappa shape index (κ1) is 21.8. The van der Waals surface area contributed by atoms with Crippen LogP contribution in [0.3, 0.4) is 0 Å². The van der Waals surface area contributed by atoms with Crippen molar-refractivity contribution in [2.24, 2.45) is 46.3 Å². The first-order valence-corrected chi connectivity index (χ1v) is 12.7. The molecule has 4 aliphatic rings. The quantitative estimate of drug-likeness (QED) is 0.475. The molecule has 0 bridgehead atoms. The van der Waals surface area contributed by atoms with E-state index in [1.165, 1.54) is 50.5 Å².